The van der Waals surface area contributed by atoms with Crippen LogP contribution in [0.3, 0.4) is 0 Å². The third-order valence-electron chi connectivity index (χ3n) is 3.98. The molecular weight excluding hydrogens is 282 g/mol. The van der Waals surface area contributed by atoms with Crippen LogP contribution in [0, 0.1) is 6.92 Å². The summed E-state index contributed by atoms with van der Waals surface area (Å²) in [6.07, 6.45) is 5.79. The van der Waals surface area contributed by atoms with Crippen LogP contribution in [-0.4, -0.2) is 16.5 Å². The van der Waals surface area contributed by atoms with Gasteiger partial charge in [-0.05, 0) is 37.8 Å². The van der Waals surface area contributed by atoms with Gasteiger partial charge < -0.3 is 4.90 Å². The summed E-state index contributed by atoms with van der Waals surface area (Å²) in [5.74, 6) is 0.974. The highest BCUT2D eigenvalue weighted by atomic mass is 35.5. The summed E-state index contributed by atoms with van der Waals surface area (Å²) in [7, 11) is 0. The molecule has 0 amide bonds. The van der Waals surface area contributed by atoms with Crippen LogP contribution in [0.4, 0.5) is 11.5 Å². The molecule has 0 radical (unpaired) electrons. The van der Waals surface area contributed by atoms with Gasteiger partial charge >= 0.3 is 0 Å². The van der Waals surface area contributed by atoms with E-state index in [2.05, 4.69) is 46.9 Å². The zero-order chi connectivity index (χ0) is 14.8. The maximum Gasteiger partial charge on any atom is 0.141 e. The predicted molar refractivity (Wildman–Crippen MR) is 87.5 cm³/mol. The van der Waals surface area contributed by atoms with E-state index in [0.29, 0.717) is 5.15 Å². The number of fused-ring (bicyclic) bond motifs is 1. The Morgan fingerprint density at radius 2 is 2.14 bits per heavy atom. The Kier molecular flexibility index (Phi) is 4.11. The van der Waals surface area contributed by atoms with Gasteiger partial charge in [-0.3, -0.25) is 0 Å². The summed E-state index contributed by atoms with van der Waals surface area (Å²) in [6.45, 7) is 5.28. The molecule has 1 aromatic carbocycles. The molecule has 1 aliphatic rings. The second-order valence-corrected chi connectivity index (χ2v) is 5.96. The lowest BCUT2D eigenvalue weighted by Crippen LogP contribution is -2.26. The molecule has 3 nitrogen and oxygen atoms in total. The van der Waals surface area contributed by atoms with E-state index in [4.69, 9.17) is 11.6 Å². The van der Waals surface area contributed by atoms with Crippen molar-refractivity contribution < 1.29 is 0 Å². The number of nitrogens with zero attached hydrogens (tertiary/aromatic N) is 3. The highest BCUT2D eigenvalue weighted by Crippen LogP contribution is 2.36. The topological polar surface area (TPSA) is 29.0 Å². The standard InChI is InChI=1S/C17H20ClN3/c1-3-5-14-16(18)19-11-20-17(14)21-9-4-6-13-10-12(2)7-8-15(13)21/h7-8,10-11H,3-6,9H2,1-2H3. The van der Waals surface area contributed by atoms with Crippen molar-refractivity contribution >= 4 is 23.1 Å². The summed E-state index contributed by atoms with van der Waals surface area (Å²) in [6, 6.07) is 6.65. The molecule has 1 aliphatic heterocycles. The number of anilines is 2. The van der Waals surface area contributed by atoms with Gasteiger partial charge in [-0.2, -0.15) is 0 Å². The van der Waals surface area contributed by atoms with Gasteiger partial charge in [0.05, 0.1) is 0 Å². The molecule has 0 unspecified atom stereocenters. The zero-order valence-electron chi connectivity index (χ0n) is 12.6. The molecular formula is C17H20ClN3. The van der Waals surface area contributed by atoms with Crippen LogP contribution < -0.4 is 4.90 Å². The van der Waals surface area contributed by atoms with Crippen molar-refractivity contribution in [3.8, 4) is 0 Å². The summed E-state index contributed by atoms with van der Waals surface area (Å²) >= 11 is 6.30. The minimum atomic E-state index is 0.584. The van der Waals surface area contributed by atoms with Gasteiger partial charge in [0.15, 0.2) is 0 Å². The van der Waals surface area contributed by atoms with Crippen LogP contribution in [0.1, 0.15) is 36.5 Å². The molecule has 4 heteroatoms. The van der Waals surface area contributed by atoms with Gasteiger partial charge in [-0.25, -0.2) is 9.97 Å². The third kappa shape index (κ3) is 2.75. The molecule has 0 spiro atoms. The molecule has 3 rings (SSSR count). The van der Waals surface area contributed by atoms with E-state index in [9.17, 15) is 0 Å². The number of aryl methyl sites for hydroxylation is 2. The van der Waals surface area contributed by atoms with E-state index >= 15 is 0 Å². The number of hydrogen-bond acceptors (Lipinski definition) is 3. The fourth-order valence-corrected chi connectivity index (χ4v) is 3.25. The fraction of sp³-hybridized carbons (Fsp3) is 0.412. The van der Waals surface area contributed by atoms with Crippen molar-refractivity contribution in [3.63, 3.8) is 0 Å². The quantitative estimate of drug-likeness (QED) is 0.783. The van der Waals surface area contributed by atoms with Gasteiger partial charge in [0, 0.05) is 17.8 Å². The normalized spacial score (nSPS) is 14.1. The first kappa shape index (κ1) is 14.3. The summed E-state index contributed by atoms with van der Waals surface area (Å²) in [5, 5.41) is 0.584. The Balaban J connectivity index is 2.09. The van der Waals surface area contributed by atoms with E-state index in [1.807, 2.05) is 0 Å². The summed E-state index contributed by atoms with van der Waals surface area (Å²) in [5.41, 5.74) is 5.04. The van der Waals surface area contributed by atoms with Gasteiger partial charge in [0.1, 0.15) is 17.3 Å². The molecule has 1 aromatic heterocycles. The number of hydrogen-bond donors (Lipinski definition) is 0. The van der Waals surface area contributed by atoms with E-state index in [1.54, 1.807) is 6.33 Å². The van der Waals surface area contributed by atoms with Crippen molar-refractivity contribution in [1.29, 1.82) is 0 Å². The highest BCUT2D eigenvalue weighted by Gasteiger charge is 2.22. The zero-order valence-corrected chi connectivity index (χ0v) is 13.3. The maximum absolute atomic E-state index is 6.30. The first-order valence-electron chi connectivity index (χ1n) is 7.57. The van der Waals surface area contributed by atoms with Crippen molar-refractivity contribution in [2.24, 2.45) is 0 Å². The van der Waals surface area contributed by atoms with Crippen molar-refractivity contribution in [2.45, 2.75) is 39.5 Å². The smallest absolute Gasteiger partial charge is 0.141 e. The van der Waals surface area contributed by atoms with Crippen molar-refractivity contribution in [3.05, 3.63) is 46.4 Å². The van der Waals surface area contributed by atoms with Crippen LogP contribution in [-0.2, 0) is 12.8 Å². The van der Waals surface area contributed by atoms with Crippen LogP contribution in [0.15, 0.2) is 24.5 Å². The first-order chi connectivity index (χ1) is 10.2. The number of benzene rings is 1. The molecule has 2 aromatic rings. The van der Waals surface area contributed by atoms with Gasteiger partial charge in [-0.15, -0.1) is 0 Å². The van der Waals surface area contributed by atoms with Gasteiger partial charge in [0.2, 0.25) is 0 Å². The van der Waals surface area contributed by atoms with Crippen molar-refractivity contribution in [2.75, 3.05) is 11.4 Å². The van der Waals surface area contributed by atoms with Crippen LogP contribution >= 0.6 is 11.6 Å². The molecule has 0 saturated heterocycles. The Morgan fingerprint density at radius 3 is 2.95 bits per heavy atom. The lowest BCUT2D eigenvalue weighted by Gasteiger charge is -2.32. The van der Waals surface area contributed by atoms with E-state index in [1.165, 1.54) is 16.8 Å². The molecule has 110 valence electrons. The van der Waals surface area contributed by atoms with Crippen molar-refractivity contribution in [1.82, 2.24) is 9.97 Å². The lowest BCUT2D eigenvalue weighted by atomic mass is 9.99. The average Bonchev–Trinajstić information content (AvgIpc) is 2.48. The van der Waals surface area contributed by atoms with E-state index in [0.717, 1.165) is 43.6 Å². The van der Waals surface area contributed by atoms with Crippen LogP contribution in [0.2, 0.25) is 5.15 Å². The molecule has 0 fully saturated rings. The van der Waals surface area contributed by atoms with E-state index < -0.39 is 0 Å². The molecule has 0 bridgehead atoms. The van der Waals surface area contributed by atoms with Gasteiger partial charge in [-0.1, -0.05) is 42.6 Å². The minimum absolute atomic E-state index is 0.584. The second-order valence-electron chi connectivity index (χ2n) is 5.60. The second kappa shape index (κ2) is 6.02. The maximum atomic E-state index is 6.30. The molecule has 2 heterocycles. The Bertz CT molecular complexity index is 654. The summed E-state index contributed by atoms with van der Waals surface area (Å²) < 4.78 is 0. The SMILES string of the molecule is CCCc1c(Cl)ncnc1N1CCCc2cc(C)ccc21. The Hall–Kier alpha value is -1.61. The van der Waals surface area contributed by atoms with Crippen LogP contribution in [0.25, 0.3) is 0 Å². The highest BCUT2D eigenvalue weighted by molar-refractivity contribution is 6.30. The third-order valence-corrected chi connectivity index (χ3v) is 4.31. The molecule has 21 heavy (non-hydrogen) atoms. The average molecular weight is 302 g/mol. The lowest BCUT2D eigenvalue weighted by molar-refractivity contribution is 0.750. The predicted octanol–water partition coefficient (Wildman–Crippen LogP) is 4.48. The Morgan fingerprint density at radius 1 is 1.29 bits per heavy atom. The minimum Gasteiger partial charge on any atom is -0.326 e. The van der Waals surface area contributed by atoms with Crippen LogP contribution in [0.5, 0.6) is 0 Å². The number of aromatic nitrogens is 2. The fourth-order valence-electron chi connectivity index (χ4n) is 3.03. The van der Waals surface area contributed by atoms with Gasteiger partial charge in [0.25, 0.3) is 0 Å². The molecule has 0 saturated carbocycles. The summed E-state index contributed by atoms with van der Waals surface area (Å²) in [4.78, 5) is 11.0. The monoisotopic (exact) mass is 301 g/mol. The molecule has 0 N–H and O–H groups in total. The number of halogens is 1. The van der Waals surface area contributed by atoms with E-state index in [-0.39, 0.29) is 0 Å². The molecule has 0 atom stereocenters. The number of rotatable bonds is 3. The largest absolute Gasteiger partial charge is 0.326 e. The molecule has 0 aliphatic carbocycles. The first-order valence-corrected chi connectivity index (χ1v) is 7.95. The Labute approximate surface area is 131 Å².